The molecule has 0 saturated heterocycles. The highest BCUT2D eigenvalue weighted by Crippen LogP contribution is 1.84. The van der Waals surface area contributed by atoms with E-state index in [2.05, 4.69) is 10.6 Å². The van der Waals surface area contributed by atoms with Crippen LogP contribution in [0.3, 0.4) is 0 Å². The lowest BCUT2D eigenvalue weighted by molar-refractivity contribution is -0.00000332. The lowest BCUT2D eigenvalue weighted by Crippen LogP contribution is -3.00. The van der Waals surface area contributed by atoms with Crippen LogP contribution < -0.4 is 39.1 Å². The van der Waals surface area contributed by atoms with Crippen LogP contribution in [0, 0.1) is 0 Å². The first kappa shape index (κ1) is 17.7. The van der Waals surface area contributed by atoms with E-state index >= 15 is 0 Å². The maximum absolute atomic E-state index is 5.38. The van der Waals surface area contributed by atoms with Crippen LogP contribution in [-0.4, -0.2) is 39.3 Å². The third-order valence-electron chi connectivity index (χ3n) is 2.07. The van der Waals surface area contributed by atoms with Crippen LogP contribution in [0.25, 0.3) is 0 Å². The number of nitrogens with two attached hydrogens (primary N) is 2. The summed E-state index contributed by atoms with van der Waals surface area (Å²) in [7, 11) is 0. The van der Waals surface area contributed by atoms with Crippen molar-refractivity contribution in [1.29, 1.82) is 0 Å². The van der Waals surface area contributed by atoms with Crippen LogP contribution in [-0.2, 0) is 0 Å². The van der Waals surface area contributed by atoms with Gasteiger partial charge >= 0.3 is 0 Å². The Labute approximate surface area is 104 Å². The van der Waals surface area contributed by atoms with Crippen molar-refractivity contribution in [2.24, 2.45) is 11.5 Å². The average Bonchev–Trinajstić information content (AvgIpc) is 2.21. The molecule has 0 unspecified atom stereocenters. The third kappa shape index (κ3) is 17.0. The standard InChI is InChI=1S/C10H26N4.BrH/c11-5-3-9-13-7-1-2-8-14-10-4-6-12;/h13-14H,1-12H2;1H/p-1. The molecule has 0 radical (unpaired) electrons. The van der Waals surface area contributed by atoms with Gasteiger partial charge in [0, 0.05) is 0 Å². The molecule has 0 atom stereocenters. The van der Waals surface area contributed by atoms with E-state index in [1.807, 2.05) is 0 Å². The van der Waals surface area contributed by atoms with Gasteiger partial charge in [-0.3, -0.25) is 0 Å². The summed E-state index contributed by atoms with van der Waals surface area (Å²) in [5.41, 5.74) is 10.8. The quantitative estimate of drug-likeness (QED) is 0.299. The van der Waals surface area contributed by atoms with Crippen molar-refractivity contribution >= 4 is 0 Å². The highest BCUT2D eigenvalue weighted by Gasteiger charge is 1.89. The molecule has 94 valence electrons. The van der Waals surface area contributed by atoms with Gasteiger partial charge in [0.05, 0.1) is 0 Å². The average molecular weight is 282 g/mol. The van der Waals surface area contributed by atoms with Gasteiger partial charge in [0.2, 0.25) is 0 Å². The lowest BCUT2D eigenvalue weighted by Gasteiger charge is -2.04. The molecule has 5 heteroatoms. The predicted octanol–water partition coefficient (Wildman–Crippen LogP) is -3.35. The second-order valence-electron chi connectivity index (χ2n) is 3.49. The van der Waals surface area contributed by atoms with Gasteiger partial charge in [-0.15, -0.1) is 0 Å². The van der Waals surface area contributed by atoms with Crippen LogP contribution in [0.2, 0.25) is 0 Å². The largest absolute Gasteiger partial charge is 1.00 e. The zero-order valence-corrected chi connectivity index (χ0v) is 11.2. The van der Waals surface area contributed by atoms with Crippen molar-refractivity contribution in [2.45, 2.75) is 25.7 Å². The van der Waals surface area contributed by atoms with Gasteiger partial charge in [-0.2, -0.15) is 0 Å². The smallest absolute Gasteiger partial charge is 0.00369 e. The van der Waals surface area contributed by atoms with Crippen LogP contribution >= 0.6 is 0 Å². The summed E-state index contributed by atoms with van der Waals surface area (Å²) < 4.78 is 0. The minimum atomic E-state index is 0. The Bertz CT molecular complexity index is 91.4. The van der Waals surface area contributed by atoms with Crippen molar-refractivity contribution in [3.8, 4) is 0 Å². The van der Waals surface area contributed by atoms with Crippen molar-refractivity contribution in [1.82, 2.24) is 10.6 Å². The minimum Gasteiger partial charge on any atom is -1.00 e. The Morgan fingerprint density at radius 2 is 0.933 bits per heavy atom. The zero-order valence-electron chi connectivity index (χ0n) is 9.60. The van der Waals surface area contributed by atoms with Gasteiger partial charge in [0.25, 0.3) is 0 Å². The fourth-order valence-corrected chi connectivity index (χ4v) is 1.20. The maximum Gasteiger partial charge on any atom is -0.00369 e. The SMILES string of the molecule is NCCCNCCCCNCCCN.[Br-]. The fraction of sp³-hybridized carbons (Fsp3) is 1.00. The van der Waals surface area contributed by atoms with Crippen LogP contribution in [0.15, 0.2) is 0 Å². The molecule has 0 spiro atoms. The summed E-state index contributed by atoms with van der Waals surface area (Å²) in [6.07, 6.45) is 4.63. The summed E-state index contributed by atoms with van der Waals surface area (Å²) in [6, 6.07) is 0. The van der Waals surface area contributed by atoms with Gasteiger partial charge in [0.1, 0.15) is 0 Å². The summed E-state index contributed by atoms with van der Waals surface area (Å²) in [5.74, 6) is 0. The maximum atomic E-state index is 5.38. The Morgan fingerprint density at radius 1 is 0.600 bits per heavy atom. The van der Waals surface area contributed by atoms with E-state index in [9.17, 15) is 0 Å². The number of halogens is 1. The number of unbranched alkanes of at least 4 members (excludes halogenated alkanes) is 1. The van der Waals surface area contributed by atoms with E-state index in [1.165, 1.54) is 12.8 Å². The molecule has 0 saturated carbocycles. The number of hydrogen-bond donors (Lipinski definition) is 4. The molecular weight excluding hydrogens is 256 g/mol. The Kier molecular flexibility index (Phi) is 19.8. The van der Waals surface area contributed by atoms with Crippen molar-refractivity contribution in [3.63, 3.8) is 0 Å². The Morgan fingerprint density at radius 3 is 1.27 bits per heavy atom. The molecule has 0 aromatic heterocycles. The molecule has 0 heterocycles. The minimum absolute atomic E-state index is 0. The normalized spacial score (nSPS) is 10.0. The first-order valence-corrected chi connectivity index (χ1v) is 5.73. The molecule has 0 fully saturated rings. The highest BCUT2D eigenvalue weighted by atomic mass is 79.9. The third-order valence-corrected chi connectivity index (χ3v) is 2.07. The molecule has 0 aliphatic rings. The number of nitrogens with one attached hydrogen (secondary N) is 2. The van der Waals surface area contributed by atoms with E-state index in [0.717, 1.165) is 52.1 Å². The molecule has 6 N–H and O–H groups in total. The summed E-state index contributed by atoms with van der Waals surface area (Å²) in [6.45, 7) is 5.90. The molecule has 0 bridgehead atoms. The summed E-state index contributed by atoms with van der Waals surface area (Å²) in [5, 5.41) is 6.72. The van der Waals surface area contributed by atoms with Gasteiger partial charge in [-0.1, -0.05) is 0 Å². The molecule has 0 aliphatic carbocycles. The molecule has 4 nitrogen and oxygen atoms in total. The van der Waals surface area contributed by atoms with E-state index in [1.54, 1.807) is 0 Å². The fourth-order valence-electron chi connectivity index (χ4n) is 1.20. The van der Waals surface area contributed by atoms with Gasteiger partial charge in [-0.25, -0.2) is 0 Å². The van der Waals surface area contributed by atoms with E-state index in [0.29, 0.717) is 0 Å². The van der Waals surface area contributed by atoms with Crippen molar-refractivity contribution < 1.29 is 17.0 Å². The number of hydrogen-bond acceptors (Lipinski definition) is 4. The Hall–Kier alpha value is 0.320. The highest BCUT2D eigenvalue weighted by molar-refractivity contribution is 4.52. The van der Waals surface area contributed by atoms with Crippen LogP contribution in [0.5, 0.6) is 0 Å². The summed E-state index contributed by atoms with van der Waals surface area (Å²) >= 11 is 0. The van der Waals surface area contributed by atoms with Gasteiger partial charge in [-0.05, 0) is 65.0 Å². The van der Waals surface area contributed by atoms with E-state index in [4.69, 9.17) is 11.5 Å². The Balaban J connectivity index is 0. The van der Waals surface area contributed by atoms with Crippen LogP contribution in [0.1, 0.15) is 25.7 Å². The molecule has 0 amide bonds. The second kappa shape index (κ2) is 16.7. The van der Waals surface area contributed by atoms with Gasteiger partial charge in [0.15, 0.2) is 0 Å². The molecule has 0 aromatic carbocycles. The van der Waals surface area contributed by atoms with Crippen molar-refractivity contribution in [3.05, 3.63) is 0 Å². The topological polar surface area (TPSA) is 76.1 Å². The molecule has 0 aromatic rings. The van der Waals surface area contributed by atoms with Gasteiger partial charge < -0.3 is 39.1 Å². The second-order valence-corrected chi connectivity index (χ2v) is 3.49. The predicted molar refractivity (Wildman–Crippen MR) is 62.3 cm³/mol. The monoisotopic (exact) mass is 281 g/mol. The zero-order chi connectivity index (χ0) is 10.5. The van der Waals surface area contributed by atoms with E-state index in [-0.39, 0.29) is 17.0 Å². The van der Waals surface area contributed by atoms with Crippen molar-refractivity contribution in [2.75, 3.05) is 39.3 Å². The molecule has 0 aliphatic heterocycles. The van der Waals surface area contributed by atoms with Crippen LogP contribution in [0.4, 0.5) is 0 Å². The molecular formula is C10H26BrN4-. The molecule has 0 rings (SSSR count). The van der Waals surface area contributed by atoms with E-state index < -0.39 is 0 Å². The lowest BCUT2D eigenvalue weighted by atomic mass is 10.3. The summed E-state index contributed by atoms with van der Waals surface area (Å²) in [4.78, 5) is 0. The first-order chi connectivity index (χ1) is 6.91. The number of rotatable bonds is 11. The molecule has 15 heavy (non-hydrogen) atoms. The first-order valence-electron chi connectivity index (χ1n) is 5.73.